The molecule has 0 saturated carbocycles. The fraction of sp³-hybridized carbons (Fsp3) is 0.250. The van der Waals surface area contributed by atoms with Gasteiger partial charge in [0.15, 0.2) is 0 Å². The van der Waals surface area contributed by atoms with Crippen LogP contribution in [0.4, 0.5) is 5.69 Å². The van der Waals surface area contributed by atoms with E-state index in [1.54, 1.807) is 0 Å². The van der Waals surface area contributed by atoms with Crippen molar-refractivity contribution in [3.63, 3.8) is 0 Å². The summed E-state index contributed by atoms with van der Waals surface area (Å²) in [6.07, 6.45) is 0. The summed E-state index contributed by atoms with van der Waals surface area (Å²) >= 11 is 0. The SMILES string of the molecule is CN(C)Nc1c[c]ccc1. The quantitative estimate of drug-likeness (QED) is 0.616. The first kappa shape index (κ1) is 7.09. The van der Waals surface area contributed by atoms with Gasteiger partial charge in [-0.2, -0.15) is 0 Å². The Hall–Kier alpha value is -1.02. The predicted octanol–water partition coefficient (Wildman–Crippen LogP) is 1.38. The minimum atomic E-state index is 1.06. The maximum atomic E-state index is 3.11. The van der Waals surface area contributed by atoms with Gasteiger partial charge in [0.25, 0.3) is 0 Å². The number of benzene rings is 1. The molecule has 0 spiro atoms. The van der Waals surface area contributed by atoms with E-state index in [0.717, 1.165) is 5.69 Å². The molecule has 2 heteroatoms. The lowest BCUT2D eigenvalue weighted by Gasteiger charge is -2.12. The molecule has 0 aliphatic carbocycles. The van der Waals surface area contributed by atoms with Gasteiger partial charge in [-0.15, -0.1) is 0 Å². The molecule has 0 aliphatic rings. The number of hydrogen-bond donors (Lipinski definition) is 1. The highest BCUT2D eigenvalue weighted by Crippen LogP contribution is 2.03. The van der Waals surface area contributed by atoms with Gasteiger partial charge in [0.05, 0.1) is 0 Å². The van der Waals surface area contributed by atoms with E-state index in [1.807, 2.05) is 43.4 Å². The first-order chi connectivity index (χ1) is 4.79. The maximum absolute atomic E-state index is 3.11. The number of hydrazine groups is 1. The average molecular weight is 135 g/mol. The van der Waals surface area contributed by atoms with Crippen molar-refractivity contribution in [3.05, 3.63) is 30.3 Å². The molecule has 53 valence electrons. The molecule has 0 bridgehead atoms. The molecule has 1 rings (SSSR count). The fourth-order valence-electron chi connectivity index (χ4n) is 0.721. The molecule has 0 aliphatic heterocycles. The lowest BCUT2D eigenvalue weighted by Crippen LogP contribution is -2.19. The smallest absolute Gasteiger partial charge is 0.0496 e. The van der Waals surface area contributed by atoms with E-state index < -0.39 is 0 Å². The zero-order chi connectivity index (χ0) is 7.40. The van der Waals surface area contributed by atoms with Gasteiger partial charge < -0.3 is 5.43 Å². The summed E-state index contributed by atoms with van der Waals surface area (Å²) < 4.78 is 0. The lowest BCUT2D eigenvalue weighted by atomic mass is 10.3. The molecule has 0 amide bonds. The lowest BCUT2D eigenvalue weighted by molar-refractivity contribution is 0.495. The van der Waals surface area contributed by atoms with Crippen LogP contribution in [0.2, 0.25) is 0 Å². The Kier molecular flexibility index (Phi) is 2.29. The Morgan fingerprint density at radius 2 is 2.30 bits per heavy atom. The molecule has 1 N–H and O–H groups in total. The van der Waals surface area contributed by atoms with Crippen LogP contribution < -0.4 is 5.43 Å². The third-order valence-electron chi connectivity index (χ3n) is 1.06. The molecular formula is C8H11N2. The van der Waals surface area contributed by atoms with Crippen molar-refractivity contribution >= 4 is 5.69 Å². The summed E-state index contributed by atoms with van der Waals surface area (Å²) in [6.45, 7) is 0. The van der Waals surface area contributed by atoms with Crippen LogP contribution in [-0.4, -0.2) is 19.1 Å². The van der Waals surface area contributed by atoms with Crippen molar-refractivity contribution in [3.8, 4) is 0 Å². The van der Waals surface area contributed by atoms with Crippen LogP contribution in [0.25, 0.3) is 0 Å². The Labute approximate surface area is 61.4 Å². The molecule has 2 nitrogen and oxygen atoms in total. The van der Waals surface area contributed by atoms with Crippen LogP contribution >= 0.6 is 0 Å². The molecule has 1 aromatic rings. The minimum Gasteiger partial charge on any atom is -0.319 e. The van der Waals surface area contributed by atoms with Crippen LogP contribution in [0, 0.1) is 6.07 Å². The molecular weight excluding hydrogens is 124 g/mol. The topological polar surface area (TPSA) is 15.3 Å². The van der Waals surface area contributed by atoms with Crippen LogP contribution in [0.1, 0.15) is 0 Å². The van der Waals surface area contributed by atoms with Gasteiger partial charge in [0.2, 0.25) is 0 Å². The number of nitrogens with one attached hydrogen (secondary N) is 1. The van der Waals surface area contributed by atoms with Crippen molar-refractivity contribution in [2.24, 2.45) is 0 Å². The first-order valence-electron chi connectivity index (χ1n) is 3.19. The summed E-state index contributed by atoms with van der Waals surface area (Å²) in [6, 6.07) is 10.7. The Balaban J connectivity index is 2.59. The first-order valence-corrected chi connectivity index (χ1v) is 3.19. The van der Waals surface area contributed by atoms with Gasteiger partial charge in [-0.3, -0.25) is 0 Å². The molecule has 1 aromatic carbocycles. The number of anilines is 1. The second kappa shape index (κ2) is 3.22. The van der Waals surface area contributed by atoms with Gasteiger partial charge in [-0.1, -0.05) is 12.1 Å². The van der Waals surface area contributed by atoms with Gasteiger partial charge in [-0.05, 0) is 18.2 Å². The van der Waals surface area contributed by atoms with Crippen LogP contribution in [-0.2, 0) is 0 Å². The van der Waals surface area contributed by atoms with Crippen molar-refractivity contribution in [1.29, 1.82) is 0 Å². The fourth-order valence-corrected chi connectivity index (χ4v) is 0.721. The molecule has 0 atom stereocenters. The normalized spacial score (nSPS) is 9.90. The number of hydrogen-bond acceptors (Lipinski definition) is 2. The molecule has 0 aromatic heterocycles. The summed E-state index contributed by atoms with van der Waals surface area (Å²) in [5.74, 6) is 0. The van der Waals surface area contributed by atoms with Crippen LogP contribution in [0.15, 0.2) is 24.3 Å². The van der Waals surface area contributed by atoms with E-state index in [9.17, 15) is 0 Å². The van der Waals surface area contributed by atoms with E-state index in [1.165, 1.54) is 0 Å². The van der Waals surface area contributed by atoms with Crippen molar-refractivity contribution in [2.45, 2.75) is 0 Å². The highest BCUT2D eigenvalue weighted by molar-refractivity contribution is 5.40. The van der Waals surface area contributed by atoms with Gasteiger partial charge in [-0.25, -0.2) is 5.01 Å². The predicted molar refractivity (Wildman–Crippen MR) is 42.6 cm³/mol. The summed E-state index contributed by atoms with van der Waals surface area (Å²) in [7, 11) is 3.90. The van der Waals surface area contributed by atoms with E-state index in [-0.39, 0.29) is 0 Å². The second-order valence-corrected chi connectivity index (χ2v) is 2.30. The van der Waals surface area contributed by atoms with Crippen molar-refractivity contribution in [1.82, 2.24) is 5.01 Å². The second-order valence-electron chi connectivity index (χ2n) is 2.30. The number of nitrogens with zero attached hydrogens (tertiary/aromatic N) is 1. The van der Waals surface area contributed by atoms with Crippen LogP contribution in [0.3, 0.4) is 0 Å². The standard InChI is InChI=1S/C8H11N2/c1-10(2)9-8-6-4-3-5-7-8/h3-4,6-7,9H,1-2H3. The van der Waals surface area contributed by atoms with Crippen molar-refractivity contribution < 1.29 is 0 Å². The van der Waals surface area contributed by atoms with E-state index >= 15 is 0 Å². The minimum absolute atomic E-state index is 1.06. The van der Waals surface area contributed by atoms with E-state index in [0.29, 0.717) is 0 Å². The highest BCUT2D eigenvalue weighted by Gasteiger charge is 1.87. The monoisotopic (exact) mass is 135 g/mol. The molecule has 0 heterocycles. The highest BCUT2D eigenvalue weighted by atomic mass is 15.5. The average Bonchev–Trinajstić information content (AvgIpc) is 1.88. The third kappa shape index (κ3) is 2.07. The molecule has 0 fully saturated rings. The third-order valence-corrected chi connectivity index (χ3v) is 1.06. The molecule has 0 saturated heterocycles. The Bertz CT molecular complexity index is 182. The maximum Gasteiger partial charge on any atom is 0.0496 e. The van der Waals surface area contributed by atoms with E-state index in [4.69, 9.17) is 0 Å². The summed E-state index contributed by atoms with van der Waals surface area (Å²) in [5, 5.41) is 1.89. The molecule has 0 unspecified atom stereocenters. The van der Waals surface area contributed by atoms with Gasteiger partial charge in [0, 0.05) is 19.8 Å². The largest absolute Gasteiger partial charge is 0.319 e. The molecule has 1 radical (unpaired) electrons. The number of rotatable bonds is 2. The summed E-state index contributed by atoms with van der Waals surface area (Å²) in [4.78, 5) is 0. The Morgan fingerprint density at radius 3 is 2.80 bits per heavy atom. The zero-order valence-electron chi connectivity index (χ0n) is 6.26. The van der Waals surface area contributed by atoms with Crippen molar-refractivity contribution in [2.75, 3.05) is 19.5 Å². The molecule has 10 heavy (non-hydrogen) atoms. The summed E-state index contributed by atoms with van der Waals surface area (Å²) in [5.41, 5.74) is 4.17. The van der Waals surface area contributed by atoms with Gasteiger partial charge in [0.1, 0.15) is 0 Å². The van der Waals surface area contributed by atoms with Crippen LogP contribution in [0.5, 0.6) is 0 Å². The zero-order valence-corrected chi connectivity index (χ0v) is 6.26. The van der Waals surface area contributed by atoms with E-state index in [2.05, 4.69) is 11.5 Å². The Morgan fingerprint density at radius 1 is 1.50 bits per heavy atom. The van der Waals surface area contributed by atoms with Gasteiger partial charge >= 0.3 is 0 Å².